The molecule has 0 bridgehead atoms. The zero-order valence-corrected chi connectivity index (χ0v) is 19.0. The monoisotopic (exact) mass is 408 g/mol. The summed E-state index contributed by atoms with van der Waals surface area (Å²) in [6.07, 6.45) is 13.8. The van der Waals surface area contributed by atoms with Crippen LogP contribution in [-0.2, 0) is 22.3 Å². The minimum absolute atomic E-state index is 0.819. The highest BCUT2D eigenvalue weighted by Gasteiger charge is 1.86. The number of benzene rings is 2. The Kier molecular flexibility index (Phi) is 20.5. The fourth-order valence-corrected chi connectivity index (χ4v) is 2.25. The lowest BCUT2D eigenvalue weighted by Crippen LogP contribution is -1.86. The molecule has 2 rings (SSSR count). The fourth-order valence-electron chi connectivity index (χ4n) is 2.25. The second kappa shape index (κ2) is 22.5. The van der Waals surface area contributed by atoms with Crippen molar-refractivity contribution in [3.05, 3.63) is 110 Å². The molecule has 0 heterocycles. The highest BCUT2D eigenvalue weighted by molar-refractivity contribution is 5.17. The Labute approximate surface area is 184 Å². The van der Waals surface area contributed by atoms with E-state index in [1.807, 2.05) is 36.6 Å². The molecule has 0 aliphatic rings. The largest absolute Gasteiger partial charge is 0.502 e. The van der Waals surface area contributed by atoms with Crippen LogP contribution in [0.2, 0.25) is 0 Å². The summed E-state index contributed by atoms with van der Waals surface area (Å²) in [6, 6.07) is 20.7. The van der Waals surface area contributed by atoms with E-state index in [1.54, 1.807) is 0 Å². The van der Waals surface area contributed by atoms with Crippen molar-refractivity contribution < 1.29 is 9.47 Å². The van der Waals surface area contributed by atoms with Crippen molar-refractivity contribution in [1.29, 1.82) is 0 Å². The second-order valence-electron chi connectivity index (χ2n) is 6.66. The van der Waals surface area contributed by atoms with Gasteiger partial charge in [0, 0.05) is 0 Å². The predicted molar refractivity (Wildman–Crippen MR) is 132 cm³/mol. The van der Waals surface area contributed by atoms with Gasteiger partial charge in [-0.2, -0.15) is 0 Å². The first-order chi connectivity index (χ1) is 14.8. The van der Waals surface area contributed by atoms with Gasteiger partial charge in [0.15, 0.2) is 0 Å². The molecule has 0 aliphatic heterocycles. The molecule has 0 N–H and O–H groups in total. The van der Waals surface area contributed by atoms with Crippen LogP contribution in [0, 0.1) is 0 Å². The Morgan fingerprint density at radius 1 is 0.700 bits per heavy atom. The summed E-state index contributed by atoms with van der Waals surface area (Å²) in [4.78, 5) is 0. The minimum Gasteiger partial charge on any atom is -0.502 e. The van der Waals surface area contributed by atoms with Gasteiger partial charge in [-0.1, -0.05) is 100 Å². The maximum atomic E-state index is 5.32. The lowest BCUT2D eigenvalue weighted by atomic mass is 10.2. The number of hydrogen-bond donors (Lipinski definition) is 0. The van der Waals surface area contributed by atoms with Crippen LogP contribution in [0.4, 0.5) is 0 Å². The molecule has 0 amide bonds. The SMILES string of the molecule is C=CCc1ccccc1.C=COCCCC.CCCCO/C=C\Cc1ccccc1. The molecule has 0 saturated heterocycles. The van der Waals surface area contributed by atoms with E-state index in [1.165, 1.54) is 30.2 Å². The van der Waals surface area contributed by atoms with E-state index in [0.717, 1.165) is 38.9 Å². The Balaban J connectivity index is 0.000000454. The van der Waals surface area contributed by atoms with E-state index in [-0.39, 0.29) is 0 Å². The summed E-state index contributed by atoms with van der Waals surface area (Å²) in [5, 5.41) is 0. The van der Waals surface area contributed by atoms with Crippen molar-refractivity contribution in [2.45, 2.75) is 52.4 Å². The van der Waals surface area contributed by atoms with Gasteiger partial charge in [-0.05, 0) is 42.9 Å². The van der Waals surface area contributed by atoms with Crippen LogP contribution in [0.5, 0.6) is 0 Å². The highest BCUT2D eigenvalue weighted by atomic mass is 16.5. The summed E-state index contributed by atoms with van der Waals surface area (Å²) in [6.45, 7) is 13.0. The van der Waals surface area contributed by atoms with Gasteiger partial charge < -0.3 is 9.47 Å². The quantitative estimate of drug-likeness (QED) is 0.202. The van der Waals surface area contributed by atoms with Crippen LogP contribution in [-0.4, -0.2) is 13.2 Å². The topological polar surface area (TPSA) is 18.5 Å². The molecule has 2 aromatic rings. The summed E-state index contributed by atoms with van der Waals surface area (Å²) in [7, 11) is 0. The van der Waals surface area contributed by atoms with Crippen molar-refractivity contribution in [3.63, 3.8) is 0 Å². The van der Waals surface area contributed by atoms with Crippen LogP contribution in [0.25, 0.3) is 0 Å². The Morgan fingerprint density at radius 2 is 1.20 bits per heavy atom. The van der Waals surface area contributed by atoms with Crippen molar-refractivity contribution in [1.82, 2.24) is 0 Å². The molecule has 0 aromatic heterocycles. The average molecular weight is 409 g/mol. The van der Waals surface area contributed by atoms with E-state index in [4.69, 9.17) is 9.47 Å². The van der Waals surface area contributed by atoms with Crippen molar-refractivity contribution >= 4 is 0 Å². The van der Waals surface area contributed by atoms with Crippen LogP contribution >= 0.6 is 0 Å². The lowest BCUT2D eigenvalue weighted by Gasteiger charge is -1.98. The van der Waals surface area contributed by atoms with Gasteiger partial charge in [-0.25, -0.2) is 0 Å². The third kappa shape index (κ3) is 18.6. The van der Waals surface area contributed by atoms with Gasteiger partial charge in [-0.15, -0.1) is 6.58 Å². The molecule has 0 atom stereocenters. The Hall–Kier alpha value is -2.74. The first-order valence-electron chi connectivity index (χ1n) is 11.0. The third-order valence-electron chi connectivity index (χ3n) is 3.96. The molecule has 30 heavy (non-hydrogen) atoms. The number of unbranched alkanes of at least 4 members (excludes halogenated alkanes) is 2. The standard InChI is InChI=1S/C13H18O.C9H10.C6H12O/c1-2-3-11-14-12-7-10-13-8-5-4-6-9-13;1-2-6-9-7-4-3-5-8-9;1-3-5-6-7-4-2/h4-9,12H,2-3,10-11H2,1H3;2-5,7-8H,1,6H2;4H,2-3,5-6H2,1H3/b12-7-;;. The Bertz CT molecular complexity index is 632. The lowest BCUT2D eigenvalue weighted by molar-refractivity contribution is 0.243. The van der Waals surface area contributed by atoms with Crippen LogP contribution < -0.4 is 0 Å². The molecular formula is C28H40O2. The first kappa shape index (κ1) is 27.3. The summed E-state index contributed by atoms with van der Waals surface area (Å²) in [5.74, 6) is 0. The van der Waals surface area contributed by atoms with Gasteiger partial charge in [0.2, 0.25) is 0 Å². The number of rotatable bonds is 12. The summed E-state index contributed by atoms with van der Waals surface area (Å²) >= 11 is 0. The predicted octanol–water partition coefficient (Wildman–Crippen LogP) is 7.92. The third-order valence-corrected chi connectivity index (χ3v) is 3.96. The van der Waals surface area contributed by atoms with E-state index >= 15 is 0 Å². The van der Waals surface area contributed by atoms with Gasteiger partial charge in [0.25, 0.3) is 0 Å². The van der Waals surface area contributed by atoms with E-state index in [9.17, 15) is 0 Å². The molecule has 0 radical (unpaired) electrons. The smallest absolute Gasteiger partial charge is 0.0873 e. The maximum Gasteiger partial charge on any atom is 0.0873 e. The van der Waals surface area contributed by atoms with Crippen molar-refractivity contribution in [2.75, 3.05) is 13.2 Å². The van der Waals surface area contributed by atoms with Gasteiger partial charge in [0.05, 0.1) is 25.7 Å². The zero-order chi connectivity index (χ0) is 22.1. The minimum atomic E-state index is 0.819. The van der Waals surface area contributed by atoms with Crippen molar-refractivity contribution in [2.24, 2.45) is 0 Å². The number of hydrogen-bond acceptors (Lipinski definition) is 2. The van der Waals surface area contributed by atoms with Gasteiger partial charge in [0.1, 0.15) is 0 Å². The summed E-state index contributed by atoms with van der Waals surface area (Å²) in [5.41, 5.74) is 2.65. The molecule has 2 nitrogen and oxygen atoms in total. The molecular weight excluding hydrogens is 368 g/mol. The molecule has 0 aliphatic carbocycles. The van der Waals surface area contributed by atoms with E-state index in [2.05, 4.69) is 69.5 Å². The fraction of sp³-hybridized carbons (Fsp3) is 0.357. The molecule has 2 heteroatoms. The van der Waals surface area contributed by atoms with Crippen LogP contribution in [0.3, 0.4) is 0 Å². The molecule has 0 spiro atoms. The zero-order valence-electron chi connectivity index (χ0n) is 19.0. The number of allylic oxidation sites excluding steroid dienone is 2. The molecule has 0 fully saturated rings. The van der Waals surface area contributed by atoms with E-state index in [0.29, 0.717) is 0 Å². The second-order valence-corrected chi connectivity index (χ2v) is 6.66. The van der Waals surface area contributed by atoms with Gasteiger partial charge >= 0.3 is 0 Å². The van der Waals surface area contributed by atoms with Gasteiger partial charge in [-0.3, -0.25) is 0 Å². The highest BCUT2D eigenvalue weighted by Crippen LogP contribution is 2.00. The van der Waals surface area contributed by atoms with Crippen LogP contribution in [0.1, 0.15) is 50.7 Å². The molecule has 2 aromatic carbocycles. The van der Waals surface area contributed by atoms with E-state index < -0.39 is 0 Å². The average Bonchev–Trinajstić information content (AvgIpc) is 2.79. The Morgan fingerprint density at radius 3 is 1.67 bits per heavy atom. The molecule has 0 unspecified atom stereocenters. The van der Waals surface area contributed by atoms with Crippen molar-refractivity contribution in [3.8, 4) is 0 Å². The molecule has 0 saturated carbocycles. The summed E-state index contributed by atoms with van der Waals surface area (Å²) < 4.78 is 10.2. The first-order valence-corrected chi connectivity index (χ1v) is 11.0. The van der Waals surface area contributed by atoms with Crippen LogP contribution in [0.15, 0.2) is 98.5 Å². The number of ether oxygens (including phenoxy) is 2. The molecule has 164 valence electrons. The maximum absolute atomic E-state index is 5.32. The normalized spacial score (nSPS) is 9.53.